The third-order valence-corrected chi connectivity index (χ3v) is 5.43. The third-order valence-electron chi connectivity index (χ3n) is 3.46. The summed E-state index contributed by atoms with van der Waals surface area (Å²) in [7, 11) is -3.38. The van der Waals surface area contributed by atoms with Crippen molar-refractivity contribution in [3.05, 3.63) is 24.5 Å². The maximum atomic E-state index is 12.4. The Balaban J connectivity index is 1.74. The number of rotatable bonds is 4. The van der Waals surface area contributed by atoms with Gasteiger partial charge < -0.3 is 13.7 Å². The average molecular weight is 312 g/mol. The van der Waals surface area contributed by atoms with E-state index in [4.69, 9.17) is 13.7 Å². The van der Waals surface area contributed by atoms with E-state index < -0.39 is 20.7 Å². The van der Waals surface area contributed by atoms with Crippen molar-refractivity contribution in [3.63, 3.8) is 0 Å². The van der Waals surface area contributed by atoms with Crippen molar-refractivity contribution in [2.45, 2.75) is 36.9 Å². The van der Waals surface area contributed by atoms with Gasteiger partial charge in [0, 0.05) is 0 Å². The van der Waals surface area contributed by atoms with E-state index in [1.54, 1.807) is 6.07 Å². The fourth-order valence-corrected chi connectivity index (χ4v) is 3.96. The van der Waals surface area contributed by atoms with Gasteiger partial charge in [-0.3, -0.25) is 0 Å². The molecule has 0 aromatic carbocycles. The Bertz CT molecular complexity index is 718. The van der Waals surface area contributed by atoms with Gasteiger partial charge in [-0.25, -0.2) is 8.42 Å². The first-order valence-corrected chi connectivity index (χ1v) is 8.28. The van der Waals surface area contributed by atoms with Crippen LogP contribution in [0.3, 0.4) is 0 Å². The van der Waals surface area contributed by atoms with Crippen LogP contribution in [0.1, 0.15) is 26.2 Å². The van der Waals surface area contributed by atoms with E-state index in [1.165, 1.54) is 12.5 Å². The summed E-state index contributed by atoms with van der Waals surface area (Å²) in [5, 5.41) is 3.23. The maximum absolute atomic E-state index is 12.4. The standard InChI is InChI=1S/C13H16N2O5S/c1-13(2)5-10(7-19-13)21(16,17)8-11-14-12(15-20-11)9-3-4-18-6-9/h3-4,6,10H,5,7-8H2,1-2H3. The molecule has 8 heteroatoms. The second-order valence-corrected chi connectivity index (χ2v) is 8.01. The van der Waals surface area contributed by atoms with Gasteiger partial charge in [-0.05, 0) is 26.3 Å². The Hall–Kier alpha value is -1.67. The van der Waals surface area contributed by atoms with Crippen LogP contribution < -0.4 is 0 Å². The van der Waals surface area contributed by atoms with Crippen LogP contribution >= 0.6 is 0 Å². The second-order valence-electron chi connectivity index (χ2n) is 5.73. The molecule has 0 amide bonds. The Morgan fingerprint density at radius 3 is 2.86 bits per heavy atom. The minimum absolute atomic E-state index is 0.0795. The summed E-state index contributed by atoms with van der Waals surface area (Å²) in [6.45, 7) is 3.97. The van der Waals surface area contributed by atoms with E-state index >= 15 is 0 Å². The predicted molar refractivity (Wildman–Crippen MR) is 73.1 cm³/mol. The normalized spacial score (nSPS) is 21.7. The largest absolute Gasteiger partial charge is 0.472 e. The van der Waals surface area contributed by atoms with Crippen molar-refractivity contribution >= 4 is 9.84 Å². The molecule has 0 saturated carbocycles. The van der Waals surface area contributed by atoms with Gasteiger partial charge in [-0.1, -0.05) is 5.16 Å². The van der Waals surface area contributed by atoms with Crippen molar-refractivity contribution in [2.75, 3.05) is 6.61 Å². The van der Waals surface area contributed by atoms with Gasteiger partial charge in [0.2, 0.25) is 11.7 Å². The number of hydrogen-bond donors (Lipinski definition) is 0. The molecule has 1 atom stereocenters. The van der Waals surface area contributed by atoms with E-state index in [1.807, 2.05) is 13.8 Å². The van der Waals surface area contributed by atoms with Crippen LogP contribution in [0.25, 0.3) is 11.4 Å². The molecule has 0 N–H and O–H groups in total. The van der Waals surface area contributed by atoms with Gasteiger partial charge in [0.05, 0.1) is 29.3 Å². The monoisotopic (exact) mass is 312 g/mol. The molecule has 1 fully saturated rings. The predicted octanol–water partition coefficient (Wildman–Crippen LogP) is 1.81. The minimum atomic E-state index is -3.38. The molecule has 114 valence electrons. The first kappa shape index (κ1) is 14.3. The minimum Gasteiger partial charge on any atom is -0.472 e. The molecule has 2 aromatic rings. The summed E-state index contributed by atoms with van der Waals surface area (Å²) < 4.78 is 40.1. The van der Waals surface area contributed by atoms with Crippen molar-refractivity contribution in [2.24, 2.45) is 0 Å². The molecule has 1 unspecified atom stereocenters. The fourth-order valence-electron chi connectivity index (χ4n) is 2.33. The summed E-state index contributed by atoms with van der Waals surface area (Å²) in [5.74, 6) is 0.120. The van der Waals surface area contributed by atoms with Gasteiger partial charge >= 0.3 is 0 Å². The number of hydrogen-bond acceptors (Lipinski definition) is 7. The van der Waals surface area contributed by atoms with E-state index in [0.29, 0.717) is 17.8 Å². The quantitative estimate of drug-likeness (QED) is 0.849. The molecule has 1 aliphatic heterocycles. The molecular formula is C13H16N2O5S. The van der Waals surface area contributed by atoms with Crippen LogP contribution in [0.5, 0.6) is 0 Å². The summed E-state index contributed by atoms with van der Waals surface area (Å²) in [6.07, 6.45) is 3.43. The first-order chi connectivity index (χ1) is 9.86. The highest BCUT2D eigenvalue weighted by atomic mass is 32.2. The highest BCUT2D eigenvalue weighted by Gasteiger charge is 2.40. The highest BCUT2D eigenvalue weighted by molar-refractivity contribution is 7.91. The molecule has 0 radical (unpaired) electrons. The van der Waals surface area contributed by atoms with Crippen LogP contribution in [0.4, 0.5) is 0 Å². The SMILES string of the molecule is CC1(C)CC(S(=O)(=O)Cc2nc(-c3ccoc3)no2)CO1. The zero-order valence-electron chi connectivity index (χ0n) is 11.8. The lowest BCUT2D eigenvalue weighted by Gasteiger charge is -2.15. The number of nitrogens with zero attached hydrogens (tertiary/aromatic N) is 2. The maximum Gasteiger partial charge on any atom is 0.242 e. The van der Waals surface area contributed by atoms with Gasteiger partial charge in [0.15, 0.2) is 9.84 Å². The average Bonchev–Trinajstić information content (AvgIpc) is 3.07. The van der Waals surface area contributed by atoms with E-state index in [-0.39, 0.29) is 18.3 Å². The summed E-state index contributed by atoms with van der Waals surface area (Å²) in [6, 6.07) is 1.68. The molecule has 3 heterocycles. The van der Waals surface area contributed by atoms with E-state index in [0.717, 1.165) is 0 Å². The third kappa shape index (κ3) is 3.01. The number of ether oxygens (including phenoxy) is 1. The zero-order valence-corrected chi connectivity index (χ0v) is 12.6. The van der Waals surface area contributed by atoms with Crippen molar-refractivity contribution < 1.29 is 22.1 Å². The van der Waals surface area contributed by atoms with Crippen molar-refractivity contribution in [3.8, 4) is 11.4 Å². The van der Waals surface area contributed by atoms with Gasteiger partial charge in [-0.2, -0.15) is 4.98 Å². The lowest BCUT2D eigenvalue weighted by molar-refractivity contribution is 0.0368. The molecule has 7 nitrogen and oxygen atoms in total. The molecule has 21 heavy (non-hydrogen) atoms. The van der Waals surface area contributed by atoms with Crippen LogP contribution in [-0.2, 0) is 20.3 Å². The molecule has 3 rings (SSSR count). The van der Waals surface area contributed by atoms with Crippen LogP contribution in [0.15, 0.2) is 27.5 Å². The lowest BCUT2D eigenvalue weighted by atomic mass is 10.1. The zero-order chi connectivity index (χ0) is 15.1. The highest BCUT2D eigenvalue weighted by Crippen LogP contribution is 2.30. The van der Waals surface area contributed by atoms with E-state index in [2.05, 4.69) is 10.1 Å². The van der Waals surface area contributed by atoms with Crippen molar-refractivity contribution in [1.29, 1.82) is 0 Å². The van der Waals surface area contributed by atoms with Crippen LogP contribution in [0.2, 0.25) is 0 Å². The van der Waals surface area contributed by atoms with Gasteiger partial charge in [0.1, 0.15) is 12.0 Å². The summed E-state index contributed by atoms with van der Waals surface area (Å²) in [5.41, 5.74) is 0.238. The number of sulfone groups is 1. The topological polar surface area (TPSA) is 95.4 Å². The van der Waals surface area contributed by atoms with E-state index in [9.17, 15) is 8.42 Å². The molecular weight excluding hydrogens is 296 g/mol. The first-order valence-electron chi connectivity index (χ1n) is 6.56. The molecule has 1 saturated heterocycles. The molecule has 2 aromatic heterocycles. The van der Waals surface area contributed by atoms with Crippen LogP contribution in [-0.4, -0.2) is 36.0 Å². The Labute approximate surface area is 122 Å². The lowest BCUT2D eigenvalue weighted by Crippen LogP contribution is -2.25. The molecule has 0 aliphatic carbocycles. The Morgan fingerprint density at radius 2 is 2.24 bits per heavy atom. The molecule has 1 aliphatic rings. The molecule has 0 bridgehead atoms. The van der Waals surface area contributed by atoms with Crippen molar-refractivity contribution in [1.82, 2.24) is 10.1 Å². The Morgan fingerprint density at radius 1 is 1.43 bits per heavy atom. The Kier molecular flexibility index (Phi) is 3.37. The summed E-state index contributed by atoms with van der Waals surface area (Å²) >= 11 is 0. The van der Waals surface area contributed by atoms with Gasteiger partial charge in [-0.15, -0.1) is 0 Å². The molecule has 0 spiro atoms. The number of furan rings is 1. The van der Waals surface area contributed by atoms with Crippen LogP contribution in [0, 0.1) is 0 Å². The van der Waals surface area contributed by atoms with Gasteiger partial charge in [0.25, 0.3) is 0 Å². The number of aromatic nitrogens is 2. The second kappa shape index (κ2) is 4.96. The summed E-state index contributed by atoms with van der Waals surface area (Å²) in [4.78, 5) is 4.09. The smallest absolute Gasteiger partial charge is 0.242 e. The fraction of sp³-hybridized carbons (Fsp3) is 0.538.